The Morgan fingerprint density at radius 3 is 2.73 bits per heavy atom. The third kappa shape index (κ3) is 2.89. The van der Waals surface area contributed by atoms with E-state index in [9.17, 15) is 4.79 Å². The molecule has 1 aliphatic carbocycles. The van der Waals surface area contributed by atoms with Crippen LogP contribution in [0.2, 0.25) is 0 Å². The number of carboxylic acids is 1. The first-order valence-electron chi connectivity index (χ1n) is 8.52. The van der Waals surface area contributed by atoms with Gasteiger partial charge in [0.1, 0.15) is 0 Å². The number of aromatic amines is 1. The highest BCUT2D eigenvalue weighted by Crippen LogP contribution is 2.40. The molecule has 4 rings (SSSR count). The third-order valence-corrected chi connectivity index (χ3v) is 4.70. The minimum atomic E-state index is -0.932. The average molecular weight is 349 g/mol. The molecule has 6 nitrogen and oxygen atoms in total. The molecule has 0 saturated carbocycles. The topological polar surface area (TPSA) is 98.2 Å². The standard InChI is InChI=1S/C20H19N3O3/c24-8-7-21-11-12-1-2-15-10-17-18(22-23-19(17)16(15)9-12)13-3-5-14(6-4-13)20(25)26/h1-6,9,21,24H,7-8,10-11H2,(H,22,23)(H,25,26). The summed E-state index contributed by atoms with van der Waals surface area (Å²) in [5, 5.41) is 28.7. The van der Waals surface area contributed by atoms with Crippen LogP contribution in [0.15, 0.2) is 42.5 Å². The van der Waals surface area contributed by atoms with Gasteiger partial charge < -0.3 is 15.5 Å². The van der Waals surface area contributed by atoms with Crippen LogP contribution in [0.5, 0.6) is 0 Å². The SMILES string of the molecule is O=C(O)c1ccc(-c2n[nH]c3c2Cc2ccc(CNCCO)cc2-3)cc1. The second-order valence-electron chi connectivity index (χ2n) is 6.38. The summed E-state index contributed by atoms with van der Waals surface area (Å²) in [6.45, 7) is 1.41. The summed E-state index contributed by atoms with van der Waals surface area (Å²) in [6.07, 6.45) is 0.807. The number of aliphatic hydroxyl groups is 1. The second-order valence-corrected chi connectivity index (χ2v) is 6.38. The number of aromatic carboxylic acids is 1. The van der Waals surface area contributed by atoms with Gasteiger partial charge >= 0.3 is 5.97 Å². The highest BCUT2D eigenvalue weighted by atomic mass is 16.4. The zero-order chi connectivity index (χ0) is 18.1. The fraction of sp³-hybridized carbons (Fsp3) is 0.200. The zero-order valence-corrected chi connectivity index (χ0v) is 14.1. The molecule has 0 spiro atoms. The number of nitrogens with zero attached hydrogens (tertiary/aromatic N) is 1. The van der Waals surface area contributed by atoms with Crippen LogP contribution in [0.25, 0.3) is 22.5 Å². The van der Waals surface area contributed by atoms with Gasteiger partial charge in [-0.05, 0) is 29.3 Å². The molecule has 2 aromatic carbocycles. The van der Waals surface area contributed by atoms with Crippen molar-refractivity contribution in [2.24, 2.45) is 0 Å². The van der Waals surface area contributed by atoms with E-state index < -0.39 is 5.97 Å². The lowest BCUT2D eigenvalue weighted by Crippen LogP contribution is -2.17. The van der Waals surface area contributed by atoms with Crippen molar-refractivity contribution < 1.29 is 15.0 Å². The van der Waals surface area contributed by atoms with Gasteiger partial charge in [-0.15, -0.1) is 0 Å². The Morgan fingerprint density at radius 1 is 1.19 bits per heavy atom. The van der Waals surface area contributed by atoms with Crippen molar-refractivity contribution in [3.05, 3.63) is 64.7 Å². The summed E-state index contributed by atoms with van der Waals surface area (Å²) >= 11 is 0. The highest BCUT2D eigenvalue weighted by molar-refractivity contribution is 5.88. The number of benzene rings is 2. The van der Waals surface area contributed by atoms with Crippen molar-refractivity contribution in [3.63, 3.8) is 0 Å². The van der Waals surface area contributed by atoms with Gasteiger partial charge in [0.05, 0.1) is 23.6 Å². The molecule has 0 bridgehead atoms. The Hall–Kier alpha value is -2.96. The Kier molecular flexibility index (Phi) is 4.28. The van der Waals surface area contributed by atoms with Gasteiger partial charge in [0.15, 0.2) is 0 Å². The van der Waals surface area contributed by atoms with E-state index in [4.69, 9.17) is 10.2 Å². The van der Waals surface area contributed by atoms with Crippen LogP contribution in [0, 0.1) is 0 Å². The number of fused-ring (bicyclic) bond motifs is 3. The van der Waals surface area contributed by atoms with E-state index in [0.717, 1.165) is 40.1 Å². The highest BCUT2D eigenvalue weighted by Gasteiger charge is 2.25. The molecule has 26 heavy (non-hydrogen) atoms. The monoisotopic (exact) mass is 349 g/mol. The van der Waals surface area contributed by atoms with Crippen LogP contribution in [-0.2, 0) is 13.0 Å². The first kappa shape index (κ1) is 16.5. The van der Waals surface area contributed by atoms with E-state index in [2.05, 4.69) is 33.7 Å². The first-order chi connectivity index (χ1) is 12.7. The quantitative estimate of drug-likeness (QED) is 0.401. The van der Waals surface area contributed by atoms with E-state index in [0.29, 0.717) is 13.1 Å². The van der Waals surface area contributed by atoms with Crippen LogP contribution >= 0.6 is 0 Å². The molecular formula is C20H19N3O3. The van der Waals surface area contributed by atoms with Crippen molar-refractivity contribution in [3.8, 4) is 22.5 Å². The van der Waals surface area contributed by atoms with Crippen LogP contribution in [0.1, 0.15) is 27.0 Å². The molecule has 3 aromatic rings. The molecule has 1 aromatic heterocycles. The number of aliphatic hydroxyl groups excluding tert-OH is 1. The number of carbonyl (C=O) groups is 1. The molecule has 6 heteroatoms. The summed E-state index contributed by atoms with van der Waals surface area (Å²) in [5.74, 6) is -0.932. The van der Waals surface area contributed by atoms with Crippen LogP contribution in [-0.4, -0.2) is 39.5 Å². The van der Waals surface area contributed by atoms with E-state index in [-0.39, 0.29) is 12.2 Å². The smallest absolute Gasteiger partial charge is 0.335 e. The second kappa shape index (κ2) is 6.74. The maximum Gasteiger partial charge on any atom is 0.335 e. The molecule has 0 unspecified atom stereocenters. The first-order valence-corrected chi connectivity index (χ1v) is 8.52. The van der Waals surface area contributed by atoms with Crippen molar-refractivity contribution >= 4 is 5.97 Å². The van der Waals surface area contributed by atoms with E-state index in [1.165, 1.54) is 5.56 Å². The number of hydrogen-bond acceptors (Lipinski definition) is 4. The largest absolute Gasteiger partial charge is 0.478 e. The van der Waals surface area contributed by atoms with Gasteiger partial charge in [-0.1, -0.05) is 24.3 Å². The van der Waals surface area contributed by atoms with E-state index >= 15 is 0 Å². The fourth-order valence-corrected chi connectivity index (χ4v) is 3.39. The number of rotatable bonds is 6. The lowest BCUT2D eigenvalue weighted by Gasteiger charge is -2.06. The minimum absolute atomic E-state index is 0.125. The van der Waals surface area contributed by atoms with Gasteiger partial charge in [-0.25, -0.2) is 4.79 Å². The maximum absolute atomic E-state index is 11.0. The molecule has 1 aliphatic rings. The molecular weight excluding hydrogens is 330 g/mol. The number of aromatic nitrogens is 2. The Morgan fingerprint density at radius 2 is 2.00 bits per heavy atom. The normalized spacial score (nSPS) is 12.0. The zero-order valence-electron chi connectivity index (χ0n) is 14.1. The van der Waals surface area contributed by atoms with Crippen molar-refractivity contribution in [1.82, 2.24) is 15.5 Å². The maximum atomic E-state index is 11.0. The molecule has 0 atom stereocenters. The Labute approximate surface area is 150 Å². The summed E-state index contributed by atoms with van der Waals surface area (Å²) < 4.78 is 0. The van der Waals surface area contributed by atoms with Gasteiger partial charge in [-0.3, -0.25) is 5.10 Å². The van der Waals surface area contributed by atoms with Crippen molar-refractivity contribution in [2.75, 3.05) is 13.2 Å². The number of hydrogen-bond donors (Lipinski definition) is 4. The molecule has 0 aliphatic heterocycles. The summed E-state index contributed by atoms with van der Waals surface area (Å²) in [4.78, 5) is 11.0. The minimum Gasteiger partial charge on any atom is -0.478 e. The van der Waals surface area contributed by atoms with Crippen LogP contribution < -0.4 is 5.32 Å². The summed E-state index contributed by atoms with van der Waals surface area (Å²) in [5.41, 5.74) is 7.78. The van der Waals surface area contributed by atoms with Crippen LogP contribution in [0.3, 0.4) is 0 Å². The predicted molar refractivity (Wildman–Crippen MR) is 98.0 cm³/mol. The van der Waals surface area contributed by atoms with Crippen LogP contribution in [0.4, 0.5) is 0 Å². The Balaban J connectivity index is 1.64. The molecule has 0 saturated heterocycles. The van der Waals surface area contributed by atoms with Gasteiger partial charge in [0.25, 0.3) is 0 Å². The number of H-pyrrole nitrogens is 1. The van der Waals surface area contributed by atoms with Gasteiger partial charge in [0.2, 0.25) is 0 Å². The molecule has 132 valence electrons. The molecule has 4 N–H and O–H groups in total. The predicted octanol–water partition coefficient (Wildman–Crippen LogP) is 2.43. The molecule has 0 amide bonds. The van der Waals surface area contributed by atoms with Crippen molar-refractivity contribution in [1.29, 1.82) is 0 Å². The molecule has 0 fully saturated rings. The molecule has 0 radical (unpaired) electrons. The third-order valence-electron chi connectivity index (χ3n) is 4.70. The number of nitrogens with one attached hydrogen (secondary N) is 2. The Bertz CT molecular complexity index is 961. The number of carboxylic acid groups (broad SMARTS) is 1. The fourth-order valence-electron chi connectivity index (χ4n) is 3.39. The summed E-state index contributed by atoms with van der Waals surface area (Å²) in [6, 6.07) is 13.2. The summed E-state index contributed by atoms with van der Waals surface area (Å²) in [7, 11) is 0. The van der Waals surface area contributed by atoms with Gasteiger partial charge in [0, 0.05) is 36.2 Å². The molecule has 1 heterocycles. The lowest BCUT2D eigenvalue weighted by molar-refractivity contribution is 0.0697. The average Bonchev–Trinajstić information content (AvgIpc) is 3.21. The van der Waals surface area contributed by atoms with Gasteiger partial charge in [-0.2, -0.15) is 5.10 Å². The van der Waals surface area contributed by atoms with E-state index in [1.807, 2.05) is 0 Å². The van der Waals surface area contributed by atoms with E-state index in [1.54, 1.807) is 24.3 Å². The van der Waals surface area contributed by atoms with Crippen molar-refractivity contribution in [2.45, 2.75) is 13.0 Å². The lowest BCUT2D eigenvalue weighted by atomic mass is 10.0.